The highest BCUT2D eigenvalue weighted by atomic mass is 16.5. The van der Waals surface area contributed by atoms with Crippen LogP contribution in [0.1, 0.15) is 42.0 Å². The molecular weight excluding hydrogens is 634 g/mol. The number of nitrogens with one attached hydrogen (secondary N) is 2. The van der Waals surface area contributed by atoms with Gasteiger partial charge >= 0.3 is 17.6 Å². The van der Waals surface area contributed by atoms with E-state index in [2.05, 4.69) is 10.3 Å². The van der Waals surface area contributed by atoms with E-state index in [4.69, 9.17) is 24.1 Å². The predicted molar refractivity (Wildman–Crippen MR) is 179 cm³/mol. The van der Waals surface area contributed by atoms with Gasteiger partial charge in [-0.25, -0.2) is 4.79 Å². The van der Waals surface area contributed by atoms with Crippen LogP contribution in [0.4, 0.5) is 0 Å². The third kappa shape index (κ3) is 9.02. The number of carbonyl (C=O) groups excluding carboxylic acids is 2. The Morgan fingerprint density at radius 1 is 0.857 bits per heavy atom. The standard InChI is InChI=1S/C36H39N3O10/c1-23-20-39(35(45)38-34(23)44)21-31(40)37-30(24(2)49-33(43)19-18-32(41)42)22-48-36(25-8-6-5-7-9-25,26-10-14-28(46-3)15-11-26)27-12-16-29(47-4)17-13-27/h5-17,20,24,30H,18-19,21-22H2,1-4H3,(H,37,40)(H,41,42)(H,38,44,45). The van der Waals surface area contributed by atoms with Gasteiger partial charge in [-0.1, -0.05) is 54.6 Å². The first kappa shape index (κ1) is 36.2. The van der Waals surface area contributed by atoms with E-state index in [1.165, 1.54) is 13.1 Å². The second-order valence-electron chi connectivity index (χ2n) is 11.3. The van der Waals surface area contributed by atoms with Gasteiger partial charge in [0.2, 0.25) is 5.91 Å². The van der Waals surface area contributed by atoms with Crippen LogP contribution in [0.5, 0.6) is 11.5 Å². The minimum absolute atomic E-state index is 0.217. The number of carboxylic acids is 1. The molecular formula is C36H39N3O10. The fourth-order valence-corrected chi connectivity index (χ4v) is 5.28. The predicted octanol–water partition coefficient (Wildman–Crippen LogP) is 3.15. The summed E-state index contributed by atoms with van der Waals surface area (Å²) in [4.78, 5) is 63.5. The van der Waals surface area contributed by atoms with E-state index in [1.807, 2.05) is 54.6 Å². The molecule has 0 saturated heterocycles. The quantitative estimate of drug-likeness (QED) is 0.118. The Morgan fingerprint density at radius 2 is 1.41 bits per heavy atom. The van der Waals surface area contributed by atoms with Gasteiger partial charge in [-0.3, -0.25) is 28.7 Å². The van der Waals surface area contributed by atoms with Crippen LogP contribution in [-0.2, 0) is 36.0 Å². The highest BCUT2D eigenvalue weighted by Crippen LogP contribution is 2.42. The zero-order chi connectivity index (χ0) is 35.6. The Kier molecular flexibility index (Phi) is 12.1. The summed E-state index contributed by atoms with van der Waals surface area (Å²) >= 11 is 0. The van der Waals surface area contributed by atoms with Crippen LogP contribution in [-0.4, -0.2) is 65.5 Å². The minimum Gasteiger partial charge on any atom is -0.497 e. The number of aliphatic carboxylic acids is 1. The lowest BCUT2D eigenvalue weighted by atomic mass is 9.80. The van der Waals surface area contributed by atoms with Crippen LogP contribution in [0.25, 0.3) is 0 Å². The van der Waals surface area contributed by atoms with Gasteiger partial charge in [0, 0.05) is 11.8 Å². The maximum Gasteiger partial charge on any atom is 0.328 e. The molecule has 0 radical (unpaired) electrons. The molecule has 1 aromatic heterocycles. The molecule has 1 heterocycles. The molecule has 0 aliphatic heterocycles. The third-order valence-corrected chi connectivity index (χ3v) is 7.93. The van der Waals surface area contributed by atoms with Gasteiger partial charge in [0.05, 0.1) is 39.7 Å². The summed E-state index contributed by atoms with van der Waals surface area (Å²) in [5.74, 6) is -1.32. The lowest BCUT2D eigenvalue weighted by molar-refractivity contribution is -0.154. The summed E-state index contributed by atoms with van der Waals surface area (Å²) in [5.41, 5.74) is -0.190. The van der Waals surface area contributed by atoms with Crippen LogP contribution in [0.2, 0.25) is 0 Å². The Labute approximate surface area is 282 Å². The van der Waals surface area contributed by atoms with Crippen molar-refractivity contribution >= 4 is 17.8 Å². The minimum atomic E-state index is -1.28. The van der Waals surface area contributed by atoms with Gasteiger partial charge in [-0.15, -0.1) is 0 Å². The van der Waals surface area contributed by atoms with E-state index in [0.717, 1.165) is 21.3 Å². The molecule has 0 aliphatic rings. The van der Waals surface area contributed by atoms with Gasteiger partial charge in [-0.05, 0) is 54.8 Å². The summed E-state index contributed by atoms with van der Waals surface area (Å²) in [5, 5.41) is 11.8. The molecule has 0 aliphatic carbocycles. The summed E-state index contributed by atoms with van der Waals surface area (Å²) in [7, 11) is 3.13. The van der Waals surface area contributed by atoms with E-state index in [-0.39, 0.29) is 18.6 Å². The number of hydrogen-bond donors (Lipinski definition) is 3. The molecule has 13 nitrogen and oxygen atoms in total. The largest absolute Gasteiger partial charge is 0.497 e. The number of H-pyrrole nitrogens is 1. The number of aryl methyl sites for hydroxylation is 1. The molecule has 4 aromatic rings. The lowest BCUT2D eigenvalue weighted by Gasteiger charge is -2.38. The van der Waals surface area contributed by atoms with Gasteiger partial charge in [-0.2, -0.15) is 0 Å². The first-order valence-electron chi connectivity index (χ1n) is 15.5. The number of carbonyl (C=O) groups is 3. The van der Waals surface area contributed by atoms with Crippen molar-refractivity contribution in [1.82, 2.24) is 14.9 Å². The maximum atomic E-state index is 13.4. The number of amides is 1. The summed E-state index contributed by atoms with van der Waals surface area (Å²) in [6.45, 7) is 2.39. The van der Waals surface area contributed by atoms with Gasteiger partial charge in [0.25, 0.3) is 5.56 Å². The molecule has 2 unspecified atom stereocenters. The number of aromatic amines is 1. The average Bonchev–Trinajstić information content (AvgIpc) is 3.10. The molecule has 0 bridgehead atoms. The number of nitrogens with zero attached hydrogens (tertiary/aromatic N) is 1. The Hall–Kier alpha value is -5.69. The normalized spacial score (nSPS) is 12.4. The number of ether oxygens (including phenoxy) is 4. The third-order valence-electron chi connectivity index (χ3n) is 7.93. The number of rotatable bonds is 16. The monoisotopic (exact) mass is 673 g/mol. The van der Waals surface area contributed by atoms with Crippen LogP contribution in [0.3, 0.4) is 0 Å². The van der Waals surface area contributed by atoms with E-state index in [1.54, 1.807) is 45.4 Å². The Bertz CT molecular complexity index is 1800. The van der Waals surface area contributed by atoms with Crippen molar-refractivity contribution in [3.63, 3.8) is 0 Å². The van der Waals surface area contributed by atoms with E-state index >= 15 is 0 Å². The van der Waals surface area contributed by atoms with Gasteiger partial charge in [0.1, 0.15) is 29.7 Å². The smallest absolute Gasteiger partial charge is 0.328 e. The van der Waals surface area contributed by atoms with Crippen LogP contribution < -0.4 is 26.0 Å². The Balaban J connectivity index is 1.76. The zero-order valence-corrected chi connectivity index (χ0v) is 27.6. The number of methoxy groups -OCH3 is 2. The van der Waals surface area contributed by atoms with Gasteiger partial charge in [0.15, 0.2) is 0 Å². The van der Waals surface area contributed by atoms with Crippen LogP contribution >= 0.6 is 0 Å². The van der Waals surface area contributed by atoms with Crippen molar-refractivity contribution in [3.05, 3.63) is 128 Å². The van der Waals surface area contributed by atoms with E-state index in [0.29, 0.717) is 11.5 Å². The number of aromatic nitrogens is 2. The average molecular weight is 674 g/mol. The highest BCUT2D eigenvalue weighted by molar-refractivity contribution is 5.77. The van der Waals surface area contributed by atoms with Gasteiger partial charge < -0.3 is 29.4 Å². The molecule has 258 valence electrons. The lowest BCUT2D eigenvalue weighted by Crippen LogP contribution is -2.50. The van der Waals surface area contributed by atoms with Crippen molar-refractivity contribution in [1.29, 1.82) is 0 Å². The Morgan fingerprint density at radius 3 is 1.94 bits per heavy atom. The molecule has 2 atom stereocenters. The fraction of sp³-hybridized carbons (Fsp3) is 0.306. The fourth-order valence-electron chi connectivity index (χ4n) is 5.28. The molecule has 3 N–H and O–H groups in total. The molecule has 0 fully saturated rings. The van der Waals surface area contributed by atoms with Crippen molar-refractivity contribution in [2.45, 2.75) is 51.0 Å². The number of hydrogen-bond acceptors (Lipinski definition) is 9. The summed E-state index contributed by atoms with van der Waals surface area (Å²) < 4.78 is 24.3. The molecule has 49 heavy (non-hydrogen) atoms. The van der Waals surface area contributed by atoms with Crippen molar-refractivity contribution in [3.8, 4) is 11.5 Å². The molecule has 0 saturated carbocycles. The number of benzene rings is 3. The number of carboxylic acid groups (broad SMARTS) is 1. The van der Waals surface area contributed by atoms with Crippen molar-refractivity contribution in [2.75, 3.05) is 20.8 Å². The summed E-state index contributed by atoms with van der Waals surface area (Å²) in [6.07, 6.45) is -0.534. The molecule has 13 heteroatoms. The van der Waals surface area contributed by atoms with Crippen molar-refractivity contribution in [2.24, 2.45) is 0 Å². The maximum absolute atomic E-state index is 13.4. The first-order chi connectivity index (χ1) is 23.5. The van der Waals surface area contributed by atoms with E-state index in [9.17, 15) is 24.0 Å². The first-order valence-corrected chi connectivity index (χ1v) is 15.5. The van der Waals surface area contributed by atoms with Crippen LogP contribution in [0.15, 0.2) is 94.6 Å². The molecule has 1 amide bonds. The van der Waals surface area contributed by atoms with Crippen LogP contribution in [0, 0.1) is 6.92 Å². The second-order valence-corrected chi connectivity index (χ2v) is 11.3. The molecule has 4 rings (SSSR count). The van der Waals surface area contributed by atoms with Crippen molar-refractivity contribution < 1.29 is 38.4 Å². The van der Waals surface area contributed by atoms with E-state index < -0.39 is 59.8 Å². The number of esters is 1. The summed E-state index contributed by atoms with van der Waals surface area (Å²) in [6, 6.07) is 23.1. The zero-order valence-electron chi connectivity index (χ0n) is 27.6. The molecule has 0 spiro atoms. The highest BCUT2D eigenvalue weighted by Gasteiger charge is 2.39. The SMILES string of the molecule is COc1ccc(C(OCC(NC(=O)Cn2cc(C)c(=O)[nH]c2=O)C(C)OC(=O)CCC(=O)O)(c2ccccc2)c2ccc(OC)cc2)cc1. The second kappa shape index (κ2) is 16.4. The molecule has 3 aromatic carbocycles. The topological polar surface area (TPSA) is 175 Å².